The van der Waals surface area contributed by atoms with Crippen LogP contribution in [0.3, 0.4) is 0 Å². The maximum atomic E-state index is 12.7. The molecule has 0 bridgehead atoms. The van der Waals surface area contributed by atoms with Gasteiger partial charge in [0.1, 0.15) is 16.4 Å². The molecule has 0 radical (unpaired) electrons. The third kappa shape index (κ3) is 3.87. The fourth-order valence-corrected chi connectivity index (χ4v) is 4.91. The van der Waals surface area contributed by atoms with Crippen LogP contribution in [0.1, 0.15) is 62.0 Å². The van der Waals surface area contributed by atoms with Crippen molar-refractivity contribution in [2.75, 3.05) is 0 Å². The van der Waals surface area contributed by atoms with Crippen molar-refractivity contribution in [3.8, 4) is 0 Å². The summed E-state index contributed by atoms with van der Waals surface area (Å²) in [6.45, 7) is 3.60. The highest BCUT2D eigenvalue weighted by atomic mass is 32.2. The minimum Gasteiger partial charge on any atom is -0.465 e. The van der Waals surface area contributed by atoms with Gasteiger partial charge in [0, 0.05) is 18.2 Å². The first-order chi connectivity index (χ1) is 9.95. The second-order valence-corrected chi connectivity index (χ2v) is 7.54. The summed E-state index contributed by atoms with van der Waals surface area (Å²) >= 11 is 0. The standard InChI is InChI=1S/C15H26N2O3S/c1-11-14(10-16)15(12(2)20-11)21(18,19)17-13-8-6-4-3-5-7-9-13/h13,17H,3-10,16H2,1-2H3. The van der Waals surface area contributed by atoms with Crippen molar-refractivity contribution < 1.29 is 12.8 Å². The highest BCUT2D eigenvalue weighted by Gasteiger charge is 2.28. The molecule has 1 aliphatic carbocycles. The smallest absolute Gasteiger partial charge is 0.244 e. The van der Waals surface area contributed by atoms with E-state index in [1.165, 1.54) is 19.3 Å². The summed E-state index contributed by atoms with van der Waals surface area (Å²) in [6, 6.07) is 0.0236. The monoisotopic (exact) mass is 314 g/mol. The van der Waals surface area contributed by atoms with Crippen molar-refractivity contribution in [3.63, 3.8) is 0 Å². The van der Waals surface area contributed by atoms with Gasteiger partial charge in [-0.15, -0.1) is 0 Å². The third-order valence-corrected chi connectivity index (χ3v) is 5.94. The number of hydrogen-bond acceptors (Lipinski definition) is 4. The molecule has 1 saturated carbocycles. The Morgan fingerprint density at radius 3 is 2.24 bits per heavy atom. The van der Waals surface area contributed by atoms with Gasteiger partial charge < -0.3 is 10.2 Å². The first kappa shape index (κ1) is 16.5. The molecule has 1 aromatic rings. The summed E-state index contributed by atoms with van der Waals surface area (Å²) in [5.74, 6) is 1.01. The second-order valence-electron chi connectivity index (χ2n) is 5.89. The van der Waals surface area contributed by atoms with Crippen LogP contribution < -0.4 is 10.5 Å². The molecule has 0 atom stereocenters. The highest BCUT2D eigenvalue weighted by molar-refractivity contribution is 7.89. The van der Waals surface area contributed by atoms with Crippen LogP contribution in [0.5, 0.6) is 0 Å². The lowest BCUT2D eigenvalue weighted by atomic mass is 9.97. The molecule has 120 valence electrons. The molecular weight excluding hydrogens is 288 g/mol. The van der Waals surface area contributed by atoms with Crippen LogP contribution in [-0.4, -0.2) is 14.5 Å². The Morgan fingerprint density at radius 2 is 1.67 bits per heavy atom. The molecule has 5 nitrogen and oxygen atoms in total. The van der Waals surface area contributed by atoms with Gasteiger partial charge in [-0.05, 0) is 26.7 Å². The Bertz CT molecular complexity index is 570. The summed E-state index contributed by atoms with van der Waals surface area (Å²) in [4.78, 5) is 0.240. The van der Waals surface area contributed by atoms with E-state index < -0.39 is 10.0 Å². The van der Waals surface area contributed by atoms with E-state index in [9.17, 15) is 8.42 Å². The zero-order chi connectivity index (χ0) is 15.5. The van der Waals surface area contributed by atoms with Crippen molar-refractivity contribution in [1.29, 1.82) is 0 Å². The minimum absolute atomic E-state index is 0.0236. The molecule has 0 saturated heterocycles. The molecule has 2 rings (SSSR count). The van der Waals surface area contributed by atoms with Crippen LogP contribution in [-0.2, 0) is 16.6 Å². The van der Waals surface area contributed by atoms with E-state index in [4.69, 9.17) is 10.2 Å². The predicted molar refractivity (Wildman–Crippen MR) is 82.5 cm³/mol. The zero-order valence-corrected chi connectivity index (χ0v) is 13.8. The molecule has 1 aliphatic rings. The highest BCUT2D eigenvalue weighted by Crippen LogP contribution is 2.27. The van der Waals surface area contributed by atoms with Gasteiger partial charge in [0.15, 0.2) is 0 Å². The average Bonchev–Trinajstić information content (AvgIpc) is 2.67. The van der Waals surface area contributed by atoms with Crippen molar-refractivity contribution in [3.05, 3.63) is 17.1 Å². The molecule has 1 fully saturated rings. The Labute approximate surface area is 127 Å². The van der Waals surface area contributed by atoms with Gasteiger partial charge in [-0.25, -0.2) is 13.1 Å². The van der Waals surface area contributed by atoms with Gasteiger partial charge in [-0.2, -0.15) is 0 Å². The topological polar surface area (TPSA) is 85.3 Å². The van der Waals surface area contributed by atoms with Gasteiger partial charge >= 0.3 is 0 Å². The Morgan fingerprint density at radius 1 is 1.10 bits per heavy atom. The number of rotatable bonds is 4. The van der Waals surface area contributed by atoms with Gasteiger partial charge in [-0.1, -0.05) is 32.1 Å². The van der Waals surface area contributed by atoms with Crippen LogP contribution in [0.2, 0.25) is 0 Å². The van der Waals surface area contributed by atoms with Crippen molar-refractivity contribution in [2.45, 2.75) is 76.3 Å². The normalized spacial score (nSPS) is 18.4. The lowest BCUT2D eigenvalue weighted by Gasteiger charge is -2.21. The summed E-state index contributed by atoms with van der Waals surface area (Å²) in [6.07, 6.45) is 7.63. The van der Waals surface area contributed by atoms with E-state index in [0.29, 0.717) is 17.1 Å². The number of hydrogen-bond donors (Lipinski definition) is 2. The molecule has 0 amide bonds. The van der Waals surface area contributed by atoms with Crippen molar-refractivity contribution >= 4 is 10.0 Å². The van der Waals surface area contributed by atoms with Gasteiger partial charge in [0.05, 0.1) is 0 Å². The van der Waals surface area contributed by atoms with Gasteiger partial charge in [0.25, 0.3) is 0 Å². The second kappa shape index (κ2) is 6.94. The zero-order valence-electron chi connectivity index (χ0n) is 12.9. The number of furan rings is 1. The molecule has 21 heavy (non-hydrogen) atoms. The molecule has 1 aromatic heterocycles. The van der Waals surface area contributed by atoms with E-state index in [-0.39, 0.29) is 17.5 Å². The lowest BCUT2D eigenvalue weighted by Crippen LogP contribution is -2.36. The number of nitrogens with two attached hydrogens (primary N) is 1. The quantitative estimate of drug-likeness (QED) is 0.895. The van der Waals surface area contributed by atoms with Crippen LogP contribution >= 0.6 is 0 Å². The Kier molecular flexibility index (Phi) is 5.46. The molecule has 1 heterocycles. The van der Waals surface area contributed by atoms with Crippen molar-refractivity contribution in [2.24, 2.45) is 5.73 Å². The maximum Gasteiger partial charge on any atom is 0.244 e. The van der Waals surface area contributed by atoms with Gasteiger partial charge in [-0.3, -0.25) is 0 Å². The lowest BCUT2D eigenvalue weighted by molar-refractivity contribution is 0.425. The fraction of sp³-hybridized carbons (Fsp3) is 0.733. The van der Waals surface area contributed by atoms with E-state index in [0.717, 1.165) is 25.7 Å². The predicted octanol–water partition coefficient (Wildman–Crippen LogP) is 2.75. The van der Waals surface area contributed by atoms with Crippen LogP contribution in [0.4, 0.5) is 0 Å². The number of aryl methyl sites for hydroxylation is 2. The number of nitrogens with one attached hydrogen (secondary N) is 1. The van der Waals surface area contributed by atoms with Gasteiger partial charge in [0.2, 0.25) is 10.0 Å². The summed E-state index contributed by atoms with van der Waals surface area (Å²) in [5.41, 5.74) is 6.28. The van der Waals surface area contributed by atoms with Crippen LogP contribution in [0, 0.1) is 13.8 Å². The van der Waals surface area contributed by atoms with E-state index in [1.54, 1.807) is 13.8 Å². The molecule has 0 spiro atoms. The Balaban J connectivity index is 2.21. The Hall–Kier alpha value is -0.850. The molecule has 6 heteroatoms. The molecule has 0 aromatic carbocycles. The first-order valence-electron chi connectivity index (χ1n) is 7.77. The van der Waals surface area contributed by atoms with E-state index >= 15 is 0 Å². The summed E-state index contributed by atoms with van der Waals surface area (Å²) in [7, 11) is -3.56. The summed E-state index contributed by atoms with van der Waals surface area (Å²) in [5, 5.41) is 0. The van der Waals surface area contributed by atoms with Crippen LogP contribution in [0.15, 0.2) is 9.31 Å². The summed E-state index contributed by atoms with van der Waals surface area (Å²) < 4.78 is 33.7. The third-order valence-electron chi connectivity index (χ3n) is 4.22. The fourth-order valence-electron chi connectivity index (χ4n) is 3.15. The molecule has 3 N–H and O–H groups in total. The first-order valence-corrected chi connectivity index (χ1v) is 9.25. The minimum atomic E-state index is -3.56. The molecule has 0 unspecified atom stereocenters. The SMILES string of the molecule is Cc1oc(C)c(S(=O)(=O)NC2CCCCCCC2)c1CN. The maximum absolute atomic E-state index is 12.7. The number of sulfonamides is 1. The van der Waals surface area contributed by atoms with E-state index in [2.05, 4.69) is 4.72 Å². The van der Waals surface area contributed by atoms with Crippen LogP contribution in [0.25, 0.3) is 0 Å². The average molecular weight is 314 g/mol. The van der Waals surface area contributed by atoms with Crippen molar-refractivity contribution in [1.82, 2.24) is 4.72 Å². The van der Waals surface area contributed by atoms with E-state index in [1.807, 2.05) is 0 Å². The largest absolute Gasteiger partial charge is 0.465 e. The molecular formula is C15H26N2O3S. The molecule has 0 aliphatic heterocycles.